The summed E-state index contributed by atoms with van der Waals surface area (Å²) >= 11 is 0. The van der Waals surface area contributed by atoms with Crippen LogP contribution in [0.4, 0.5) is 0 Å². The van der Waals surface area contributed by atoms with Crippen LogP contribution in [-0.4, -0.2) is 64.0 Å². The van der Waals surface area contributed by atoms with Crippen molar-refractivity contribution in [2.45, 2.75) is 91.4 Å². The highest BCUT2D eigenvalue weighted by Crippen LogP contribution is 2.11. The molecule has 0 aliphatic carbocycles. The standard InChI is InChI=1S/C22H40N4O7/c1-7-13(6)18(22(32)33)26-21(31)17(12(4)5)25-20(30)15(8-9-16(27)28)24-19(29)14(23)10-11(2)3/h11-15,17-18H,7-10,23H2,1-6H3,(H,24,29)(H,25,30)(H,26,31)(H,27,28)(H,32,33). The van der Waals surface area contributed by atoms with Crippen molar-refractivity contribution < 1.29 is 34.2 Å². The molecule has 190 valence electrons. The Morgan fingerprint density at radius 3 is 1.79 bits per heavy atom. The molecule has 3 amide bonds. The summed E-state index contributed by atoms with van der Waals surface area (Å²) in [6.07, 6.45) is 0.321. The van der Waals surface area contributed by atoms with E-state index in [4.69, 9.17) is 10.8 Å². The molecular formula is C22H40N4O7. The first kappa shape index (κ1) is 30.3. The Labute approximate surface area is 195 Å². The molecule has 33 heavy (non-hydrogen) atoms. The summed E-state index contributed by atoms with van der Waals surface area (Å²) < 4.78 is 0. The Hall–Kier alpha value is -2.69. The minimum atomic E-state index is -1.22. The lowest BCUT2D eigenvalue weighted by Crippen LogP contribution is -2.59. The third kappa shape index (κ3) is 11.1. The number of rotatable bonds is 15. The number of nitrogens with two attached hydrogens (primary N) is 1. The maximum atomic E-state index is 12.9. The SMILES string of the molecule is CCC(C)C(NC(=O)C(NC(=O)C(CCC(=O)O)NC(=O)C(N)CC(C)C)C(C)C)C(=O)O. The summed E-state index contributed by atoms with van der Waals surface area (Å²) in [6.45, 7) is 10.6. The van der Waals surface area contributed by atoms with Crippen LogP contribution in [0, 0.1) is 17.8 Å². The predicted octanol–water partition coefficient (Wildman–Crippen LogP) is 0.466. The van der Waals surface area contributed by atoms with Gasteiger partial charge in [-0.1, -0.05) is 48.0 Å². The molecule has 0 aromatic rings. The van der Waals surface area contributed by atoms with Crippen LogP contribution >= 0.6 is 0 Å². The van der Waals surface area contributed by atoms with Gasteiger partial charge in [0, 0.05) is 6.42 Å². The average molecular weight is 473 g/mol. The van der Waals surface area contributed by atoms with Crippen LogP contribution in [-0.2, 0) is 24.0 Å². The van der Waals surface area contributed by atoms with Crippen LogP contribution in [0.15, 0.2) is 0 Å². The maximum Gasteiger partial charge on any atom is 0.326 e. The van der Waals surface area contributed by atoms with E-state index in [1.54, 1.807) is 27.7 Å². The zero-order valence-corrected chi connectivity index (χ0v) is 20.4. The van der Waals surface area contributed by atoms with Gasteiger partial charge in [0.1, 0.15) is 18.1 Å². The van der Waals surface area contributed by atoms with E-state index < -0.39 is 59.7 Å². The summed E-state index contributed by atoms with van der Waals surface area (Å²) in [5.41, 5.74) is 5.87. The van der Waals surface area contributed by atoms with Crippen molar-refractivity contribution >= 4 is 29.7 Å². The van der Waals surface area contributed by atoms with Crippen LogP contribution in [0.3, 0.4) is 0 Å². The highest BCUT2D eigenvalue weighted by molar-refractivity contribution is 5.94. The van der Waals surface area contributed by atoms with Gasteiger partial charge in [0.25, 0.3) is 0 Å². The minimum Gasteiger partial charge on any atom is -0.481 e. The van der Waals surface area contributed by atoms with E-state index in [1.807, 2.05) is 13.8 Å². The highest BCUT2D eigenvalue weighted by atomic mass is 16.4. The van der Waals surface area contributed by atoms with Crippen molar-refractivity contribution in [3.05, 3.63) is 0 Å². The van der Waals surface area contributed by atoms with Gasteiger partial charge in [-0.3, -0.25) is 19.2 Å². The summed E-state index contributed by atoms with van der Waals surface area (Å²) in [7, 11) is 0. The number of hydrogen-bond donors (Lipinski definition) is 6. The monoisotopic (exact) mass is 472 g/mol. The zero-order valence-electron chi connectivity index (χ0n) is 20.4. The van der Waals surface area contributed by atoms with Gasteiger partial charge in [-0.05, 0) is 30.6 Å². The fourth-order valence-electron chi connectivity index (χ4n) is 3.15. The van der Waals surface area contributed by atoms with E-state index in [-0.39, 0.29) is 24.7 Å². The first-order chi connectivity index (χ1) is 15.2. The summed E-state index contributed by atoms with van der Waals surface area (Å²) in [4.78, 5) is 60.7. The number of carbonyl (C=O) groups is 5. The van der Waals surface area contributed by atoms with Crippen LogP contribution in [0.1, 0.15) is 67.2 Å². The van der Waals surface area contributed by atoms with Crippen molar-refractivity contribution in [1.29, 1.82) is 0 Å². The second-order valence-corrected chi connectivity index (χ2v) is 9.17. The highest BCUT2D eigenvalue weighted by Gasteiger charge is 2.33. The molecule has 0 bridgehead atoms. The van der Waals surface area contributed by atoms with Crippen LogP contribution in [0.25, 0.3) is 0 Å². The largest absolute Gasteiger partial charge is 0.481 e. The van der Waals surface area contributed by atoms with Crippen LogP contribution in [0.5, 0.6) is 0 Å². The number of hydrogen-bond acceptors (Lipinski definition) is 6. The van der Waals surface area contributed by atoms with Gasteiger partial charge in [-0.25, -0.2) is 4.79 Å². The first-order valence-corrected chi connectivity index (χ1v) is 11.3. The summed E-state index contributed by atoms with van der Waals surface area (Å²) in [5, 5.41) is 25.9. The molecule has 0 spiro atoms. The normalized spacial score (nSPS) is 15.8. The van der Waals surface area contributed by atoms with Crippen molar-refractivity contribution in [1.82, 2.24) is 16.0 Å². The van der Waals surface area contributed by atoms with E-state index in [2.05, 4.69) is 16.0 Å². The van der Waals surface area contributed by atoms with E-state index in [1.165, 1.54) is 0 Å². The quantitative estimate of drug-likeness (QED) is 0.198. The molecular weight excluding hydrogens is 432 g/mol. The number of nitrogens with one attached hydrogen (secondary N) is 3. The topological polar surface area (TPSA) is 188 Å². The Bertz CT molecular complexity index is 696. The van der Waals surface area contributed by atoms with E-state index in [0.29, 0.717) is 12.8 Å². The fourth-order valence-corrected chi connectivity index (χ4v) is 3.15. The lowest BCUT2D eigenvalue weighted by atomic mass is 9.97. The van der Waals surface area contributed by atoms with Crippen LogP contribution in [0.2, 0.25) is 0 Å². The molecule has 0 saturated carbocycles. The molecule has 5 unspecified atom stereocenters. The summed E-state index contributed by atoms with van der Waals surface area (Å²) in [5.74, 6) is -4.95. The van der Waals surface area contributed by atoms with Crippen molar-refractivity contribution in [3.63, 3.8) is 0 Å². The number of carbonyl (C=O) groups excluding carboxylic acids is 3. The van der Waals surface area contributed by atoms with Gasteiger partial charge in [0.15, 0.2) is 0 Å². The number of carboxylic acid groups (broad SMARTS) is 2. The van der Waals surface area contributed by atoms with E-state index in [0.717, 1.165) is 0 Å². The molecule has 5 atom stereocenters. The molecule has 0 aliphatic rings. The minimum absolute atomic E-state index is 0.138. The van der Waals surface area contributed by atoms with Gasteiger partial charge in [-0.2, -0.15) is 0 Å². The third-order valence-electron chi connectivity index (χ3n) is 5.37. The van der Waals surface area contributed by atoms with E-state index >= 15 is 0 Å². The predicted molar refractivity (Wildman–Crippen MR) is 122 cm³/mol. The first-order valence-electron chi connectivity index (χ1n) is 11.3. The molecule has 0 aliphatic heterocycles. The number of amides is 3. The Morgan fingerprint density at radius 1 is 0.818 bits per heavy atom. The Balaban J connectivity index is 5.52. The molecule has 0 heterocycles. The molecule has 7 N–H and O–H groups in total. The molecule has 0 aromatic carbocycles. The van der Waals surface area contributed by atoms with E-state index in [9.17, 15) is 29.1 Å². The fraction of sp³-hybridized carbons (Fsp3) is 0.773. The Kier molecular flexibility index (Phi) is 13.3. The average Bonchev–Trinajstić information content (AvgIpc) is 2.70. The van der Waals surface area contributed by atoms with Crippen molar-refractivity contribution in [2.24, 2.45) is 23.5 Å². The zero-order chi connectivity index (χ0) is 25.9. The van der Waals surface area contributed by atoms with Gasteiger partial charge >= 0.3 is 11.9 Å². The maximum absolute atomic E-state index is 12.9. The lowest BCUT2D eigenvalue weighted by Gasteiger charge is -2.28. The molecule has 0 saturated heterocycles. The van der Waals surface area contributed by atoms with Gasteiger partial charge in [0.2, 0.25) is 17.7 Å². The number of carboxylic acids is 2. The molecule has 11 heteroatoms. The lowest BCUT2D eigenvalue weighted by molar-refractivity contribution is -0.144. The third-order valence-corrected chi connectivity index (χ3v) is 5.37. The Morgan fingerprint density at radius 2 is 1.36 bits per heavy atom. The smallest absolute Gasteiger partial charge is 0.326 e. The van der Waals surface area contributed by atoms with Gasteiger partial charge < -0.3 is 31.9 Å². The van der Waals surface area contributed by atoms with Gasteiger partial charge in [0.05, 0.1) is 6.04 Å². The molecule has 0 fully saturated rings. The second-order valence-electron chi connectivity index (χ2n) is 9.17. The van der Waals surface area contributed by atoms with Crippen LogP contribution < -0.4 is 21.7 Å². The molecule has 0 rings (SSSR count). The molecule has 11 nitrogen and oxygen atoms in total. The van der Waals surface area contributed by atoms with Gasteiger partial charge in [-0.15, -0.1) is 0 Å². The van der Waals surface area contributed by atoms with Crippen molar-refractivity contribution in [2.75, 3.05) is 0 Å². The number of aliphatic carboxylic acids is 2. The second kappa shape index (κ2) is 14.5. The molecule has 0 aromatic heterocycles. The van der Waals surface area contributed by atoms with Crippen molar-refractivity contribution in [3.8, 4) is 0 Å². The summed E-state index contributed by atoms with van der Waals surface area (Å²) in [6, 6.07) is -4.30. The molecule has 0 radical (unpaired) electrons.